The van der Waals surface area contributed by atoms with Crippen LogP contribution in [0.25, 0.3) is 0 Å². The molecule has 1 heterocycles. The van der Waals surface area contributed by atoms with Crippen LogP contribution in [0, 0.1) is 0 Å². The Morgan fingerprint density at radius 3 is 2.75 bits per heavy atom. The SMILES string of the molecule is O=C([Si])[C@@H]1CCCN1. The molecular formula is C5H8NOSi. The Morgan fingerprint density at radius 2 is 2.50 bits per heavy atom. The Bertz CT molecular complexity index is 98.6. The molecule has 0 saturated carbocycles. The summed E-state index contributed by atoms with van der Waals surface area (Å²) in [7, 11) is 2.95. The molecule has 1 atom stereocenters. The Balaban J connectivity index is 2.35. The van der Waals surface area contributed by atoms with Gasteiger partial charge in [0.2, 0.25) is 0 Å². The third-order valence-corrected chi connectivity index (χ3v) is 1.73. The lowest BCUT2D eigenvalue weighted by molar-refractivity contribution is -0.113. The molecule has 1 fully saturated rings. The highest BCUT2D eigenvalue weighted by atomic mass is 28.1. The van der Waals surface area contributed by atoms with E-state index in [9.17, 15) is 4.79 Å². The molecular weight excluding hydrogens is 118 g/mol. The van der Waals surface area contributed by atoms with Crippen molar-refractivity contribution < 1.29 is 4.79 Å². The van der Waals surface area contributed by atoms with Gasteiger partial charge < -0.3 is 10.1 Å². The van der Waals surface area contributed by atoms with Gasteiger partial charge in [-0.05, 0) is 19.4 Å². The normalized spacial score (nSPS) is 28.4. The van der Waals surface area contributed by atoms with Crippen molar-refractivity contribution in [2.45, 2.75) is 18.9 Å². The third kappa shape index (κ3) is 1.17. The summed E-state index contributed by atoms with van der Waals surface area (Å²) in [4.78, 5) is 10.5. The van der Waals surface area contributed by atoms with Gasteiger partial charge in [0.05, 0.1) is 6.04 Å². The van der Waals surface area contributed by atoms with Crippen molar-refractivity contribution in [2.75, 3.05) is 6.54 Å². The molecule has 0 aliphatic carbocycles. The van der Waals surface area contributed by atoms with Crippen LogP contribution in [0.1, 0.15) is 12.8 Å². The van der Waals surface area contributed by atoms with Gasteiger partial charge in [-0.1, -0.05) is 0 Å². The summed E-state index contributed by atoms with van der Waals surface area (Å²) < 4.78 is 0. The topological polar surface area (TPSA) is 29.1 Å². The van der Waals surface area contributed by atoms with Crippen molar-refractivity contribution in [3.63, 3.8) is 0 Å². The maximum atomic E-state index is 10.5. The molecule has 0 aromatic heterocycles. The van der Waals surface area contributed by atoms with Gasteiger partial charge in [-0.25, -0.2) is 0 Å². The Morgan fingerprint density at radius 1 is 1.75 bits per heavy atom. The monoisotopic (exact) mass is 126 g/mol. The van der Waals surface area contributed by atoms with Crippen LogP contribution in [0.2, 0.25) is 0 Å². The van der Waals surface area contributed by atoms with Crippen molar-refractivity contribution in [1.82, 2.24) is 5.32 Å². The minimum absolute atomic E-state index is 0.0856. The highest BCUT2D eigenvalue weighted by molar-refractivity contribution is 6.59. The average molecular weight is 126 g/mol. The number of hydrogen-bond donors (Lipinski definition) is 1. The van der Waals surface area contributed by atoms with Gasteiger partial charge in [0.15, 0.2) is 0 Å². The lowest BCUT2D eigenvalue weighted by Crippen LogP contribution is -2.30. The summed E-state index contributed by atoms with van der Waals surface area (Å²) in [6.45, 7) is 0.987. The van der Waals surface area contributed by atoms with Crippen molar-refractivity contribution >= 4 is 15.6 Å². The van der Waals surface area contributed by atoms with E-state index in [0.717, 1.165) is 19.4 Å². The number of nitrogens with one attached hydrogen (secondary N) is 1. The van der Waals surface area contributed by atoms with Crippen LogP contribution in [0.3, 0.4) is 0 Å². The first-order valence-corrected chi connectivity index (χ1v) is 3.29. The number of hydrogen-bond acceptors (Lipinski definition) is 2. The molecule has 3 heteroatoms. The van der Waals surface area contributed by atoms with E-state index in [0.29, 0.717) is 0 Å². The van der Waals surface area contributed by atoms with Gasteiger partial charge in [0.25, 0.3) is 0 Å². The van der Waals surface area contributed by atoms with E-state index < -0.39 is 0 Å². The predicted molar refractivity (Wildman–Crippen MR) is 31.8 cm³/mol. The summed E-state index contributed by atoms with van der Waals surface area (Å²) in [5.41, 5.74) is 0. The average Bonchev–Trinajstić information content (AvgIpc) is 2.12. The predicted octanol–water partition coefficient (Wildman–Crippen LogP) is -0.567. The van der Waals surface area contributed by atoms with Crippen LogP contribution < -0.4 is 5.32 Å². The van der Waals surface area contributed by atoms with Gasteiger partial charge in [-0.2, -0.15) is 0 Å². The molecule has 1 aliphatic rings. The highest BCUT2D eigenvalue weighted by Gasteiger charge is 2.16. The van der Waals surface area contributed by atoms with Crippen LogP contribution in [0.5, 0.6) is 0 Å². The van der Waals surface area contributed by atoms with Gasteiger partial charge in [0, 0.05) is 0 Å². The van der Waals surface area contributed by atoms with Crippen LogP contribution in [-0.4, -0.2) is 28.2 Å². The molecule has 3 radical (unpaired) electrons. The van der Waals surface area contributed by atoms with Crippen molar-refractivity contribution in [3.8, 4) is 0 Å². The second-order valence-electron chi connectivity index (χ2n) is 2.01. The van der Waals surface area contributed by atoms with E-state index in [1.165, 1.54) is 0 Å². The minimum atomic E-state index is 0.0856. The van der Waals surface area contributed by atoms with Gasteiger partial charge in [-0.3, -0.25) is 0 Å². The molecule has 8 heavy (non-hydrogen) atoms. The molecule has 0 bridgehead atoms. The van der Waals surface area contributed by atoms with Crippen molar-refractivity contribution in [1.29, 1.82) is 0 Å². The zero-order valence-corrected chi connectivity index (χ0v) is 5.61. The first-order valence-electron chi connectivity index (χ1n) is 2.79. The second kappa shape index (κ2) is 2.41. The summed E-state index contributed by atoms with van der Waals surface area (Å²) in [5.74, 6) is 0. The number of rotatable bonds is 1. The molecule has 0 unspecified atom stereocenters. The van der Waals surface area contributed by atoms with Gasteiger partial charge >= 0.3 is 0 Å². The van der Waals surface area contributed by atoms with E-state index >= 15 is 0 Å². The van der Waals surface area contributed by atoms with E-state index in [1.807, 2.05) is 0 Å². The van der Waals surface area contributed by atoms with Gasteiger partial charge in [0.1, 0.15) is 15.6 Å². The lowest BCUT2D eigenvalue weighted by atomic mass is 10.2. The first-order chi connectivity index (χ1) is 3.80. The van der Waals surface area contributed by atoms with Crippen LogP contribution in [-0.2, 0) is 4.79 Å². The maximum Gasteiger partial charge on any atom is 0.128 e. The Hall–Kier alpha value is -0.153. The van der Waals surface area contributed by atoms with Gasteiger partial charge in [-0.15, -0.1) is 0 Å². The Labute approximate surface area is 52.1 Å². The first kappa shape index (κ1) is 5.97. The number of carbonyl (C=O) groups is 1. The molecule has 0 spiro atoms. The minimum Gasteiger partial charge on any atom is -0.308 e. The van der Waals surface area contributed by atoms with Crippen LogP contribution in [0.15, 0.2) is 0 Å². The fourth-order valence-electron chi connectivity index (χ4n) is 0.908. The van der Waals surface area contributed by atoms with E-state index in [4.69, 9.17) is 0 Å². The summed E-state index contributed by atoms with van der Waals surface area (Å²) >= 11 is 0. The maximum absolute atomic E-state index is 10.5. The fraction of sp³-hybridized carbons (Fsp3) is 0.800. The molecule has 0 aromatic carbocycles. The van der Waals surface area contributed by atoms with E-state index in [-0.39, 0.29) is 11.4 Å². The Kier molecular flexibility index (Phi) is 1.80. The zero-order chi connectivity index (χ0) is 5.98. The molecule has 1 rings (SSSR count). The van der Waals surface area contributed by atoms with Crippen LogP contribution >= 0.6 is 0 Å². The molecule has 1 aliphatic heterocycles. The zero-order valence-electron chi connectivity index (χ0n) is 4.61. The van der Waals surface area contributed by atoms with Crippen molar-refractivity contribution in [2.24, 2.45) is 0 Å². The largest absolute Gasteiger partial charge is 0.308 e. The van der Waals surface area contributed by atoms with E-state index in [2.05, 4.69) is 15.6 Å². The summed E-state index contributed by atoms with van der Waals surface area (Å²) in [6.07, 6.45) is 2.11. The van der Waals surface area contributed by atoms with Crippen LogP contribution in [0.4, 0.5) is 0 Å². The molecule has 43 valence electrons. The smallest absolute Gasteiger partial charge is 0.128 e. The fourth-order valence-corrected chi connectivity index (χ4v) is 1.15. The number of carbonyl (C=O) groups excluding carboxylic acids is 1. The lowest BCUT2D eigenvalue weighted by Gasteiger charge is -2.01. The standard InChI is InChI=1S/C5H8NOSi/c7-5(8)4-2-1-3-6-4/h4,6H,1-3H2/t4-/m0/s1. The molecule has 0 aromatic rings. The molecule has 1 N–H and O–H groups in total. The highest BCUT2D eigenvalue weighted by Crippen LogP contribution is 2.03. The quantitative estimate of drug-likeness (QED) is 0.477. The third-order valence-electron chi connectivity index (χ3n) is 1.38. The second-order valence-corrected chi connectivity index (χ2v) is 2.51. The van der Waals surface area contributed by atoms with Crippen molar-refractivity contribution in [3.05, 3.63) is 0 Å². The van der Waals surface area contributed by atoms with E-state index in [1.54, 1.807) is 0 Å². The summed E-state index contributed by atoms with van der Waals surface area (Å²) in [5, 5.41) is 3.14. The molecule has 1 saturated heterocycles. The summed E-state index contributed by atoms with van der Waals surface area (Å²) in [6, 6.07) is 0.0895. The molecule has 2 nitrogen and oxygen atoms in total. The molecule has 0 amide bonds.